The molecule has 0 spiro atoms. The summed E-state index contributed by atoms with van der Waals surface area (Å²) in [6.07, 6.45) is 0. The van der Waals surface area contributed by atoms with Gasteiger partial charge in [-0.2, -0.15) is 0 Å². The Morgan fingerprint density at radius 1 is 0.293 bits per heavy atom. The molecule has 0 saturated heterocycles. The highest BCUT2D eigenvalue weighted by Gasteiger charge is 2.18. The van der Waals surface area contributed by atoms with E-state index in [-0.39, 0.29) is 0 Å². The van der Waals surface area contributed by atoms with Crippen LogP contribution < -0.4 is 0 Å². The standard InChI is InChI=1S/C54H33N3O/c1-2-10-37(11-3-1)56-49-16-8-5-13-40(49)46-29-34(21-27-50(46)56)36-19-24-42-41-23-18-35(33-20-26-48-45(28-33)39-12-4-7-15-47(39)55-48)30-51(41)57(52(42)31-36)38-22-25-44-43-14-6-9-17-53(43)58-54(44)32-38/h1-32,55H. The molecule has 270 valence electrons. The van der Waals surface area contributed by atoms with E-state index in [1.165, 1.54) is 65.6 Å². The lowest BCUT2D eigenvalue weighted by Gasteiger charge is -2.11. The molecule has 0 unspecified atom stereocenters. The minimum absolute atomic E-state index is 0.881. The summed E-state index contributed by atoms with van der Waals surface area (Å²) < 4.78 is 11.3. The second-order valence-corrected chi connectivity index (χ2v) is 15.4. The van der Waals surface area contributed by atoms with E-state index in [4.69, 9.17) is 4.42 Å². The van der Waals surface area contributed by atoms with Gasteiger partial charge in [-0.25, -0.2) is 0 Å². The van der Waals surface area contributed by atoms with Gasteiger partial charge in [-0.05, 0) is 101 Å². The van der Waals surface area contributed by atoms with Crippen LogP contribution in [0.15, 0.2) is 199 Å². The molecule has 0 fully saturated rings. The maximum Gasteiger partial charge on any atom is 0.137 e. The van der Waals surface area contributed by atoms with Crippen molar-refractivity contribution >= 4 is 87.4 Å². The molecule has 58 heavy (non-hydrogen) atoms. The normalized spacial score (nSPS) is 12.1. The second kappa shape index (κ2) is 11.8. The molecule has 4 nitrogen and oxygen atoms in total. The van der Waals surface area contributed by atoms with Crippen molar-refractivity contribution in [3.63, 3.8) is 0 Å². The van der Waals surface area contributed by atoms with Gasteiger partial charge in [0.15, 0.2) is 0 Å². The predicted octanol–water partition coefficient (Wildman–Crippen LogP) is 14.7. The van der Waals surface area contributed by atoms with Crippen LogP contribution in [-0.4, -0.2) is 14.1 Å². The Hall–Kier alpha value is -7.82. The highest BCUT2D eigenvalue weighted by Crippen LogP contribution is 2.41. The third-order valence-electron chi connectivity index (χ3n) is 12.2. The molecule has 0 bridgehead atoms. The lowest BCUT2D eigenvalue weighted by Crippen LogP contribution is -1.94. The van der Waals surface area contributed by atoms with Gasteiger partial charge in [0.05, 0.1) is 22.1 Å². The molecule has 0 aliphatic heterocycles. The van der Waals surface area contributed by atoms with Gasteiger partial charge in [-0.3, -0.25) is 0 Å². The van der Waals surface area contributed by atoms with Crippen molar-refractivity contribution in [2.24, 2.45) is 0 Å². The number of hydrogen-bond donors (Lipinski definition) is 1. The van der Waals surface area contributed by atoms with Crippen LogP contribution in [0.25, 0.3) is 121 Å². The summed E-state index contributed by atoms with van der Waals surface area (Å²) in [4.78, 5) is 3.59. The summed E-state index contributed by atoms with van der Waals surface area (Å²) in [6.45, 7) is 0. The fraction of sp³-hybridized carbons (Fsp3) is 0. The van der Waals surface area contributed by atoms with E-state index >= 15 is 0 Å². The summed E-state index contributed by atoms with van der Waals surface area (Å²) >= 11 is 0. The molecule has 1 N–H and O–H groups in total. The van der Waals surface area contributed by atoms with Gasteiger partial charge in [0.2, 0.25) is 0 Å². The summed E-state index contributed by atoms with van der Waals surface area (Å²) in [6, 6.07) is 70.4. The SMILES string of the molecule is c1ccc(-n2c3ccccc3c3cc(-c4ccc5c6ccc(-c7ccc8[nH]c9ccccc9c8c7)cc6n(-c6ccc7c(c6)oc6ccccc67)c5c4)ccc32)cc1. The van der Waals surface area contributed by atoms with Crippen molar-refractivity contribution in [2.75, 3.05) is 0 Å². The predicted molar refractivity (Wildman–Crippen MR) is 243 cm³/mol. The quantitative estimate of drug-likeness (QED) is 0.192. The zero-order valence-corrected chi connectivity index (χ0v) is 31.3. The van der Waals surface area contributed by atoms with Crippen LogP contribution in [-0.2, 0) is 0 Å². The lowest BCUT2D eigenvalue weighted by molar-refractivity contribution is 0.668. The first-order chi connectivity index (χ1) is 28.7. The van der Waals surface area contributed by atoms with Crippen molar-refractivity contribution in [3.05, 3.63) is 194 Å². The van der Waals surface area contributed by atoms with Gasteiger partial charge in [-0.1, -0.05) is 109 Å². The molecule has 4 heterocycles. The number of para-hydroxylation sites is 4. The molecule has 4 aromatic heterocycles. The van der Waals surface area contributed by atoms with E-state index < -0.39 is 0 Å². The Morgan fingerprint density at radius 3 is 1.64 bits per heavy atom. The Morgan fingerprint density at radius 2 is 0.828 bits per heavy atom. The third-order valence-corrected chi connectivity index (χ3v) is 12.2. The Labute approximate surface area is 332 Å². The van der Waals surface area contributed by atoms with Gasteiger partial charge < -0.3 is 18.5 Å². The lowest BCUT2D eigenvalue weighted by atomic mass is 10.00. The zero-order chi connectivity index (χ0) is 37.9. The Kier molecular flexibility index (Phi) is 6.41. The zero-order valence-electron chi connectivity index (χ0n) is 31.3. The van der Waals surface area contributed by atoms with E-state index in [1.54, 1.807) is 0 Å². The van der Waals surface area contributed by atoms with Crippen LogP contribution in [0.2, 0.25) is 0 Å². The Balaban J connectivity index is 1.04. The molecule has 13 aromatic rings. The second-order valence-electron chi connectivity index (χ2n) is 15.4. The fourth-order valence-corrected chi connectivity index (χ4v) is 9.54. The average Bonchev–Trinajstić information content (AvgIpc) is 4.03. The minimum Gasteiger partial charge on any atom is -0.456 e. The number of hydrogen-bond acceptors (Lipinski definition) is 1. The highest BCUT2D eigenvalue weighted by molar-refractivity contribution is 6.14. The van der Waals surface area contributed by atoms with Crippen molar-refractivity contribution in [2.45, 2.75) is 0 Å². The average molecular weight is 740 g/mol. The molecule has 0 amide bonds. The van der Waals surface area contributed by atoms with Crippen LogP contribution >= 0.6 is 0 Å². The molecular formula is C54H33N3O. The first-order valence-electron chi connectivity index (χ1n) is 19.8. The monoisotopic (exact) mass is 739 g/mol. The van der Waals surface area contributed by atoms with E-state index in [0.717, 1.165) is 55.4 Å². The van der Waals surface area contributed by atoms with Crippen molar-refractivity contribution < 1.29 is 4.42 Å². The first-order valence-corrected chi connectivity index (χ1v) is 19.8. The molecule has 0 aliphatic rings. The number of furan rings is 1. The molecule has 4 heteroatoms. The van der Waals surface area contributed by atoms with E-state index in [0.29, 0.717) is 0 Å². The van der Waals surface area contributed by atoms with Crippen LogP contribution in [0, 0.1) is 0 Å². The maximum atomic E-state index is 6.46. The van der Waals surface area contributed by atoms with Crippen molar-refractivity contribution in [3.8, 4) is 33.6 Å². The third kappa shape index (κ3) is 4.51. The van der Waals surface area contributed by atoms with Crippen LogP contribution in [0.5, 0.6) is 0 Å². The van der Waals surface area contributed by atoms with Gasteiger partial charge >= 0.3 is 0 Å². The number of aromatic nitrogens is 3. The molecular weight excluding hydrogens is 707 g/mol. The molecule has 0 atom stereocenters. The molecule has 13 rings (SSSR count). The molecule has 0 radical (unpaired) electrons. The van der Waals surface area contributed by atoms with E-state index in [9.17, 15) is 0 Å². The van der Waals surface area contributed by atoms with Crippen LogP contribution in [0.1, 0.15) is 0 Å². The van der Waals surface area contributed by atoms with Gasteiger partial charge in [0, 0.05) is 71.6 Å². The summed E-state index contributed by atoms with van der Waals surface area (Å²) in [5.74, 6) is 0. The van der Waals surface area contributed by atoms with Gasteiger partial charge in [0.25, 0.3) is 0 Å². The molecule has 0 aliphatic carbocycles. The molecule has 9 aromatic carbocycles. The number of nitrogens with zero attached hydrogens (tertiary/aromatic N) is 2. The number of nitrogens with one attached hydrogen (secondary N) is 1. The van der Waals surface area contributed by atoms with E-state index in [2.05, 4.69) is 196 Å². The Bertz CT molecular complexity index is 3800. The number of aromatic amines is 1. The van der Waals surface area contributed by atoms with Gasteiger partial charge in [0.1, 0.15) is 11.2 Å². The number of H-pyrrole nitrogens is 1. The van der Waals surface area contributed by atoms with Crippen molar-refractivity contribution in [1.29, 1.82) is 0 Å². The van der Waals surface area contributed by atoms with Gasteiger partial charge in [-0.15, -0.1) is 0 Å². The first kappa shape index (κ1) is 31.4. The van der Waals surface area contributed by atoms with Crippen LogP contribution in [0.3, 0.4) is 0 Å². The summed E-state index contributed by atoms with van der Waals surface area (Å²) in [5.41, 5.74) is 15.7. The summed E-state index contributed by atoms with van der Waals surface area (Å²) in [5, 5.41) is 9.64. The number of rotatable bonds is 4. The summed E-state index contributed by atoms with van der Waals surface area (Å²) in [7, 11) is 0. The number of benzene rings is 9. The van der Waals surface area contributed by atoms with E-state index in [1.807, 2.05) is 12.1 Å². The molecule has 0 saturated carbocycles. The van der Waals surface area contributed by atoms with Crippen LogP contribution in [0.4, 0.5) is 0 Å². The minimum atomic E-state index is 0.881. The maximum absolute atomic E-state index is 6.46. The topological polar surface area (TPSA) is 38.8 Å². The fourth-order valence-electron chi connectivity index (χ4n) is 9.54. The largest absolute Gasteiger partial charge is 0.456 e. The highest BCUT2D eigenvalue weighted by atomic mass is 16.3. The smallest absolute Gasteiger partial charge is 0.137 e. The number of fused-ring (bicyclic) bond motifs is 12. The van der Waals surface area contributed by atoms with Crippen molar-refractivity contribution in [1.82, 2.24) is 14.1 Å².